The van der Waals surface area contributed by atoms with Crippen molar-refractivity contribution in [1.82, 2.24) is 14.5 Å². The fourth-order valence-electron chi connectivity index (χ4n) is 1.98. The number of fused-ring (bicyclic) bond motifs is 1. The van der Waals surface area contributed by atoms with Crippen molar-refractivity contribution in [1.29, 1.82) is 0 Å². The van der Waals surface area contributed by atoms with E-state index >= 15 is 0 Å². The zero-order valence-corrected chi connectivity index (χ0v) is 12.6. The third-order valence-corrected chi connectivity index (χ3v) is 3.43. The standard InChI is InChI=1S/C13H16Cl2FN3/c1-8(14)13-17-11-7-10(16)9(15)6-12(11)19(13)5-4-18(2)3/h6-8H,4-5H2,1-3H3. The fraction of sp³-hybridized carbons (Fsp3) is 0.462. The number of rotatable bonds is 4. The first-order chi connectivity index (χ1) is 8.90. The van der Waals surface area contributed by atoms with E-state index in [4.69, 9.17) is 23.2 Å². The van der Waals surface area contributed by atoms with Crippen LogP contribution < -0.4 is 0 Å². The molecule has 1 atom stereocenters. The number of benzene rings is 1. The van der Waals surface area contributed by atoms with E-state index in [2.05, 4.69) is 9.88 Å². The second kappa shape index (κ2) is 5.65. The Morgan fingerprint density at radius 1 is 1.42 bits per heavy atom. The zero-order chi connectivity index (χ0) is 14.2. The number of halogens is 3. The molecule has 0 N–H and O–H groups in total. The van der Waals surface area contributed by atoms with E-state index in [0.29, 0.717) is 5.52 Å². The Bertz CT molecular complexity index is 593. The first kappa shape index (κ1) is 14.6. The summed E-state index contributed by atoms with van der Waals surface area (Å²) in [5.74, 6) is 0.278. The van der Waals surface area contributed by atoms with Crippen LogP contribution in [0.2, 0.25) is 5.02 Å². The highest BCUT2D eigenvalue weighted by molar-refractivity contribution is 6.31. The molecule has 0 spiro atoms. The quantitative estimate of drug-likeness (QED) is 0.803. The van der Waals surface area contributed by atoms with Crippen LogP contribution in [-0.4, -0.2) is 35.1 Å². The van der Waals surface area contributed by atoms with Gasteiger partial charge in [-0.05, 0) is 27.1 Å². The number of imidazole rings is 1. The van der Waals surface area contributed by atoms with E-state index < -0.39 is 5.82 Å². The van der Waals surface area contributed by atoms with Crippen LogP contribution in [0, 0.1) is 5.82 Å². The molecule has 0 aliphatic carbocycles. The van der Waals surface area contributed by atoms with E-state index in [-0.39, 0.29) is 10.4 Å². The van der Waals surface area contributed by atoms with Crippen molar-refractivity contribution in [2.75, 3.05) is 20.6 Å². The van der Waals surface area contributed by atoms with Gasteiger partial charge in [0.1, 0.15) is 11.6 Å². The second-order valence-corrected chi connectivity index (χ2v) is 5.86. The Morgan fingerprint density at radius 2 is 2.11 bits per heavy atom. The SMILES string of the molecule is CC(Cl)c1nc2cc(F)c(Cl)cc2n1CCN(C)C. The van der Waals surface area contributed by atoms with Crippen molar-refractivity contribution in [3.63, 3.8) is 0 Å². The molecule has 2 aromatic rings. The van der Waals surface area contributed by atoms with E-state index in [1.165, 1.54) is 6.07 Å². The van der Waals surface area contributed by atoms with Gasteiger partial charge in [-0.25, -0.2) is 9.37 Å². The van der Waals surface area contributed by atoms with Gasteiger partial charge in [-0.2, -0.15) is 0 Å². The van der Waals surface area contributed by atoms with Gasteiger partial charge in [0.15, 0.2) is 0 Å². The third-order valence-electron chi connectivity index (χ3n) is 2.95. The van der Waals surface area contributed by atoms with Gasteiger partial charge in [0.2, 0.25) is 0 Å². The molecule has 0 amide bonds. The summed E-state index contributed by atoms with van der Waals surface area (Å²) < 4.78 is 15.5. The molecule has 0 radical (unpaired) electrons. The summed E-state index contributed by atoms with van der Waals surface area (Å²) in [7, 11) is 3.99. The summed E-state index contributed by atoms with van der Waals surface area (Å²) in [5, 5.41) is -0.135. The van der Waals surface area contributed by atoms with Gasteiger partial charge in [-0.15, -0.1) is 11.6 Å². The monoisotopic (exact) mass is 303 g/mol. The molecule has 1 unspecified atom stereocenters. The summed E-state index contributed by atoms with van der Waals surface area (Å²) in [6, 6.07) is 2.96. The Hall–Kier alpha value is -0.840. The average Bonchev–Trinajstić information content (AvgIpc) is 2.65. The summed E-state index contributed by atoms with van der Waals surface area (Å²) in [4.78, 5) is 6.48. The van der Waals surface area contributed by atoms with Crippen molar-refractivity contribution in [2.24, 2.45) is 0 Å². The molecule has 0 fully saturated rings. The van der Waals surface area contributed by atoms with Crippen molar-refractivity contribution in [2.45, 2.75) is 18.8 Å². The highest BCUT2D eigenvalue weighted by Gasteiger charge is 2.16. The Kier molecular flexibility index (Phi) is 4.33. The smallest absolute Gasteiger partial charge is 0.144 e. The highest BCUT2D eigenvalue weighted by atomic mass is 35.5. The Balaban J connectivity index is 2.55. The van der Waals surface area contributed by atoms with Gasteiger partial charge in [0.25, 0.3) is 0 Å². The molecule has 6 heteroatoms. The Morgan fingerprint density at radius 3 is 2.68 bits per heavy atom. The largest absolute Gasteiger partial charge is 0.325 e. The molecule has 0 aliphatic heterocycles. The van der Waals surface area contributed by atoms with Gasteiger partial charge >= 0.3 is 0 Å². The molecule has 1 aromatic heterocycles. The number of alkyl halides is 1. The predicted molar refractivity (Wildman–Crippen MR) is 77.5 cm³/mol. The van der Waals surface area contributed by atoms with Gasteiger partial charge < -0.3 is 9.47 Å². The van der Waals surface area contributed by atoms with Crippen LogP contribution in [0.3, 0.4) is 0 Å². The van der Waals surface area contributed by atoms with Crippen LogP contribution in [0.15, 0.2) is 12.1 Å². The lowest BCUT2D eigenvalue weighted by Crippen LogP contribution is -2.19. The number of hydrogen-bond acceptors (Lipinski definition) is 2. The molecule has 1 aromatic carbocycles. The zero-order valence-electron chi connectivity index (χ0n) is 11.1. The van der Waals surface area contributed by atoms with Crippen molar-refractivity contribution >= 4 is 34.2 Å². The molecule has 3 nitrogen and oxygen atoms in total. The predicted octanol–water partition coefficient (Wildman–Crippen LogP) is 3.69. The maximum atomic E-state index is 13.5. The normalized spacial score (nSPS) is 13.4. The average molecular weight is 304 g/mol. The lowest BCUT2D eigenvalue weighted by atomic mass is 10.3. The van der Waals surface area contributed by atoms with Crippen molar-refractivity contribution < 1.29 is 4.39 Å². The van der Waals surface area contributed by atoms with Gasteiger partial charge in [0, 0.05) is 19.2 Å². The van der Waals surface area contributed by atoms with Crippen LogP contribution >= 0.6 is 23.2 Å². The van der Waals surface area contributed by atoms with Crippen LogP contribution in [-0.2, 0) is 6.54 Å². The van der Waals surface area contributed by atoms with Gasteiger partial charge in [-0.3, -0.25) is 0 Å². The molecule has 2 rings (SSSR count). The third kappa shape index (κ3) is 3.02. The number of nitrogens with zero attached hydrogens (tertiary/aromatic N) is 3. The first-order valence-corrected chi connectivity index (χ1v) is 6.85. The molecule has 0 aliphatic rings. The summed E-state index contributed by atoms with van der Waals surface area (Å²) in [6.07, 6.45) is 0. The highest BCUT2D eigenvalue weighted by Crippen LogP contribution is 2.28. The molecular formula is C13H16Cl2FN3. The fourth-order valence-corrected chi connectivity index (χ4v) is 2.30. The molecule has 0 saturated carbocycles. The molecule has 0 saturated heterocycles. The van der Waals surface area contributed by atoms with E-state index in [1.807, 2.05) is 25.6 Å². The summed E-state index contributed by atoms with van der Waals surface area (Å²) in [6.45, 7) is 3.43. The summed E-state index contributed by atoms with van der Waals surface area (Å²) >= 11 is 12.0. The lowest BCUT2D eigenvalue weighted by molar-refractivity contribution is 0.383. The summed E-state index contributed by atoms with van der Waals surface area (Å²) in [5.41, 5.74) is 1.40. The first-order valence-electron chi connectivity index (χ1n) is 6.04. The topological polar surface area (TPSA) is 21.1 Å². The minimum absolute atomic E-state index is 0.104. The van der Waals surface area contributed by atoms with Crippen molar-refractivity contribution in [3.05, 3.63) is 28.8 Å². The van der Waals surface area contributed by atoms with Crippen LogP contribution in [0.25, 0.3) is 11.0 Å². The van der Waals surface area contributed by atoms with Crippen LogP contribution in [0.5, 0.6) is 0 Å². The maximum Gasteiger partial charge on any atom is 0.144 e. The maximum absolute atomic E-state index is 13.5. The Labute approximate surface area is 121 Å². The van der Waals surface area contributed by atoms with E-state index in [9.17, 15) is 4.39 Å². The van der Waals surface area contributed by atoms with Crippen LogP contribution in [0.1, 0.15) is 18.1 Å². The van der Waals surface area contributed by atoms with Gasteiger partial charge in [0.05, 0.1) is 21.4 Å². The molecule has 19 heavy (non-hydrogen) atoms. The van der Waals surface area contributed by atoms with E-state index in [1.54, 1.807) is 6.07 Å². The number of hydrogen-bond donors (Lipinski definition) is 0. The van der Waals surface area contributed by atoms with Crippen LogP contribution in [0.4, 0.5) is 4.39 Å². The number of likely N-dealkylation sites (N-methyl/N-ethyl adjacent to an activating group) is 1. The molecule has 104 valence electrons. The minimum atomic E-state index is -0.458. The van der Waals surface area contributed by atoms with Gasteiger partial charge in [-0.1, -0.05) is 11.6 Å². The molecule has 0 bridgehead atoms. The minimum Gasteiger partial charge on any atom is -0.325 e. The lowest BCUT2D eigenvalue weighted by Gasteiger charge is -2.14. The molecular weight excluding hydrogens is 288 g/mol. The number of aromatic nitrogens is 2. The molecule has 1 heterocycles. The van der Waals surface area contributed by atoms with Crippen molar-refractivity contribution in [3.8, 4) is 0 Å². The second-order valence-electron chi connectivity index (χ2n) is 4.80. The van der Waals surface area contributed by atoms with E-state index in [0.717, 1.165) is 24.4 Å².